The average molecular weight is 469 g/mol. The minimum Gasteiger partial charge on any atom is -0.401 e. The lowest BCUT2D eigenvalue weighted by atomic mass is 9.89. The van der Waals surface area contributed by atoms with Gasteiger partial charge < -0.3 is 5.73 Å². The highest BCUT2D eigenvalue weighted by atomic mass is 32.2. The van der Waals surface area contributed by atoms with Crippen molar-refractivity contribution >= 4 is 39.1 Å². The van der Waals surface area contributed by atoms with Crippen LogP contribution in [-0.4, -0.2) is 21.1 Å². The molecule has 1 aliphatic rings. The summed E-state index contributed by atoms with van der Waals surface area (Å²) in [5, 5.41) is 9.94. The van der Waals surface area contributed by atoms with Crippen molar-refractivity contribution in [3.63, 3.8) is 0 Å². The normalized spacial score (nSPS) is 16.4. The molecule has 2 aromatic heterocycles. The second-order valence-corrected chi connectivity index (χ2v) is 9.93. The van der Waals surface area contributed by atoms with Crippen LogP contribution >= 0.6 is 23.1 Å². The third-order valence-electron chi connectivity index (χ3n) is 5.51. The van der Waals surface area contributed by atoms with Crippen molar-refractivity contribution in [1.82, 2.24) is 9.55 Å². The number of para-hydroxylation sites is 1. The summed E-state index contributed by atoms with van der Waals surface area (Å²) in [4.78, 5) is 32.6. The Bertz CT molecular complexity index is 1360. The number of rotatable bonds is 5. The number of halogens is 1. The highest BCUT2D eigenvalue weighted by molar-refractivity contribution is 7.99. The first-order chi connectivity index (χ1) is 15.3. The van der Waals surface area contributed by atoms with Crippen LogP contribution in [0.25, 0.3) is 15.9 Å². The fraction of sp³-hybridized carbons (Fsp3) is 0.304. The number of thioether (sulfide) groups is 1. The number of Topliss-reactive ketones (excluding diaryl/α,β-unsaturated/α-hetero) is 1. The Morgan fingerprint density at radius 2 is 2.19 bits per heavy atom. The van der Waals surface area contributed by atoms with Crippen LogP contribution in [0.5, 0.6) is 0 Å². The molecule has 4 rings (SSSR count). The van der Waals surface area contributed by atoms with E-state index >= 15 is 0 Å². The number of aryl methyl sites for hydroxylation is 1. The van der Waals surface area contributed by atoms with Gasteiger partial charge in [0.05, 0.1) is 16.8 Å². The molecule has 1 aromatic carbocycles. The van der Waals surface area contributed by atoms with E-state index in [4.69, 9.17) is 5.73 Å². The van der Waals surface area contributed by atoms with Gasteiger partial charge in [-0.1, -0.05) is 30.8 Å². The van der Waals surface area contributed by atoms with E-state index < -0.39 is 11.6 Å². The number of nitriles is 1. The molecule has 1 unspecified atom stereocenters. The number of hydrogen-bond acceptors (Lipinski definition) is 7. The molecule has 0 bridgehead atoms. The summed E-state index contributed by atoms with van der Waals surface area (Å²) in [6, 6.07) is 7.81. The fourth-order valence-corrected chi connectivity index (χ4v) is 6.19. The molecule has 0 fully saturated rings. The minimum atomic E-state index is -0.558. The van der Waals surface area contributed by atoms with Crippen LogP contribution < -0.4 is 11.3 Å². The summed E-state index contributed by atoms with van der Waals surface area (Å²) in [5.74, 6) is -0.638. The van der Waals surface area contributed by atoms with Gasteiger partial charge in [0, 0.05) is 10.6 Å². The van der Waals surface area contributed by atoms with Gasteiger partial charge in [-0.3, -0.25) is 14.2 Å². The summed E-state index contributed by atoms with van der Waals surface area (Å²) in [7, 11) is 0. The van der Waals surface area contributed by atoms with Gasteiger partial charge in [0.25, 0.3) is 5.56 Å². The van der Waals surface area contributed by atoms with Crippen LogP contribution in [0.15, 0.2) is 45.5 Å². The Morgan fingerprint density at radius 1 is 1.44 bits per heavy atom. The van der Waals surface area contributed by atoms with E-state index in [0.717, 1.165) is 41.5 Å². The molecule has 0 aliphatic heterocycles. The predicted molar refractivity (Wildman–Crippen MR) is 125 cm³/mol. The van der Waals surface area contributed by atoms with E-state index in [1.807, 2.05) is 6.07 Å². The second-order valence-electron chi connectivity index (χ2n) is 7.90. The van der Waals surface area contributed by atoms with Crippen LogP contribution in [0.1, 0.15) is 30.7 Å². The predicted octanol–water partition coefficient (Wildman–Crippen LogP) is 4.13. The number of aromatic nitrogens is 2. The third-order valence-corrected chi connectivity index (χ3v) is 7.60. The van der Waals surface area contributed by atoms with Gasteiger partial charge in [-0.2, -0.15) is 5.26 Å². The summed E-state index contributed by atoms with van der Waals surface area (Å²) in [6.07, 6.45) is 2.68. The summed E-state index contributed by atoms with van der Waals surface area (Å²) < 4.78 is 16.0. The zero-order valence-electron chi connectivity index (χ0n) is 17.6. The fourth-order valence-electron chi connectivity index (χ4n) is 3.89. The smallest absolute Gasteiger partial charge is 0.267 e. The number of nitrogens with two attached hydrogens (primary N) is 1. The molecule has 3 aromatic rings. The summed E-state index contributed by atoms with van der Waals surface area (Å²) in [6.45, 7) is 3.67. The van der Waals surface area contributed by atoms with Crippen molar-refractivity contribution < 1.29 is 9.18 Å². The van der Waals surface area contributed by atoms with Crippen LogP contribution in [0.2, 0.25) is 0 Å². The lowest BCUT2D eigenvalue weighted by Gasteiger charge is -2.18. The molecule has 0 radical (unpaired) electrons. The number of benzene rings is 1. The molecule has 0 saturated heterocycles. The maximum atomic E-state index is 14.7. The summed E-state index contributed by atoms with van der Waals surface area (Å²) in [5.41, 5.74) is 6.39. The maximum Gasteiger partial charge on any atom is 0.267 e. The monoisotopic (exact) mass is 468 g/mol. The number of fused-ring (bicyclic) bond motifs is 3. The van der Waals surface area contributed by atoms with Crippen molar-refractivity contribution in [2.75, 3.05) is 5.75 Å². The Balaban J connectivity index is 1.88. The van der Waals surface area contributed by atoms with Gasteiger partial charge in [0.1, 0.15) is 22.3 Å². The molecule has 1 atom stereocenters. The average Bonchev–Trinajstić information content (AvgIpc) is 3.11. The van der Waals surface area contributed by atoms with E-state index in [0.29, 0.717) is 16.1 Å². The van der Waals surface area contributed by atoms with E-state index in [1.54, 1.807) is 12.1 Å². The maximum absolute atomic E-state index is 14.7. The van der Waals surface area contributed by atoms with Crippen LogP contribution in [0.3, 0.4) is 0 Å². The number of hydrogen-bond donors (Lipinski definition) is 1. The molecular weight excluding hydrogens is 447 g/mol. The Labute approximate surface area is 192 Å². The topological polar surface area (TPSA) is 102 Å². The Kier molecular flexibility index (Phi) is 6.17. The number of nitrogens with zero attached hydrogens (tertiary/aromatic N) is 3. The van der Waals surface area contributed by atoms with E-state index in [-0.39, 0.29) is 33.4 Å². The molecule has 6 nitrogen and oxygen atoms in total. The van der Waals surface area contributed by atoms with Crippen molar-refractivity contribution in [2.45, 2.75) is 38.3 Å². The van der Waals surface area contributed by atoms with Gasteiger partial charge in [0.15, 0.2) is 10.9 Å². The second kappa shape index (κ2) is 8.88. The molecule has 0 saturated carbocycles. The van der Waals surface area contributed by atoms with E-state index in [9.17, 15) is 19.2 Å². The van der Waals surface area contributed by atoms with Gasteiger partial charge in [0.2, 0.25) is 0 Å². The Hall–Kier alpha value is -2.96. The third kappa shape index (κ3) is 3.96. The molecule has 164 valence electrons. The standard InChI is InChI=1S/C23H21FN4O2S2/c1-12-7-8-14-19(9-12)32-21-20(14)22(30)28(17-6-4-3-5-16(17)24)23(27-21)31-11-18(29)15(10-25)13(2)26/h3-6,12H,7-9,11,26H2,1-2H3. The largest absolute Gasteiger partial charge is 0.401 e. The lowest BCUT2D eigenvalue weighted by Crippen LogP contribution is -2.24. The summed E-state index contributed by atoms with van der Waals surface area (Å²) >= 11 is 2.49. The molecule has 0 amide bonds. The zero-order valence-corrected chi connectivity index (χ0v) is 19.3. The van der Waals surface area contributed by atoms with E-state index in [1.165, 1.54) is 35.0 Å². The van der Waals surface area contributed by atoms with Crippen molar-refractivity contribution in [3.8, 4) is 11.8 Å². The quantitative estimate of drug-likeness (QED) is 0.261. The molecule has 2 N–H and O–H groups in total. The first-order valence-corrected chi connectivity index (χ1v) is 12.0. The highest BCUT2D eigenvalue weighted by Gasteiger charge is 2.26. The van der Waals surface area contributed by atoms with Gasteiger partial charge in [-0.05, 0) is 49.8 Å². The molecule has 2 heterocycles. The van der Waals surface area contributed by atoms with Crippen LogP contribution in [0.4, 0.5) is 4.39 Å². The van der Waals surface area contributed by atoms with Crippen molar-refractivity contribution in [2.24, 2.45) is 11.7 Å². The number of carbonyl (C=O) groups is 1. The SMILES string of the molecule is CC(N)=C(C#N)C(=O)CSc1nc2sc3c(c2c(=O)n1-c1ccccc1F)CCC(C)C3. The van der Waals surface area contributed by atoms with Crippen LogP contribution in [-0.2, 0) is 17.6 Å². The molecule has 32 heavy (non-hydrogen) atoms. The lowest BCUT2D eigenvalue weighted by molar-refractivity contribution is -0.112. The molecular formula is C23H21FN4O2S2. The first kappa shape index (κ1) is 22.2. The molecule has 1 aliphatic carbocycles. The zero-order chi connectivity index (χ0) is 23.0. The number of ketones is 1. The highest BCUT2D eigenvalue weighted by Crippen LogP contribution is 2.37. The first-order valence-electron chi connectivity index (χ1n) is 10.2. The molecule has 9 heteroatoms. The number of thiophene rings is 1. The van der Waals surface area contributed by atoms with Crippen molar-refractivity contribution in [1.29, 1.82) is 5.26 Å². The Morgan fingerprint density at radius 3 is 2.88 bits per heavy atom. The van der Waals surface area contributed by atoms with Gasteiger partial charge >= 0.3 is 0 Å². The van der Waals surface area contributed by atoms with Gasteiger partial charge in [-0.15, -0.1) is 11.3 Å². The minimum absolute atomic E-state index is 0.0806. The van der Waals surface area contributed by atoms with E-state index in [2.05, 4.69) is 11.9 Å². The van der Waals surface area contributed by atoms with Crippen LogP contribution in [0, 0.1) is 23.1 Å². The van der Waals surface area contributed by atoms with Crippen molar-refractivity contribution in [3.05, 3.63) is 62.1 Å². The number of allylic oxidation sites excluding steroid dienone is 2. The molecule has 0 spiro atoms. The van der Waals surface area contributed by atoms with Gasteiger partial charge in [-0.25, -0.2) is 9.37 Å². The number of carbonyl (C=O) groups excluding carboxylic acids is 1.